The van der Waals surface area contributed by atoms with Gasteiger partial charge in [0.1, 0.15) is 0 Å². The van der Waals surface area contributed by atoms with Crippen LogP contribution in [-0.4, -0.2) is 12.6 Å². The molecule has 3 rings (SSSR count). The van der Waals surface area contributed by atoms with Crippen LogP contribution in [0.15, 0.2) is 0 Å². The first-order chi connectivity index (χ1) is 6.25. The highest BCUT2D eigenvalue weighted by atomic mass is 15.1. The summed E-state index contributed by atoms with van der Waals surface area (Å²) in [6.45, 7) is 3.85. The third-order valence-electron chi connectivity index (χ3n) is 5.06. The molecule has 0 aromatic heterocycles. The van der Waals surface area contributed by atoms with Crippen LogP contribution in [0.3, 0.4) is 0 Å². The molecule has 1 nitrogen and oxygen atoms in total. The summed E-state index contributed by atoms with van der Waals surface area (Å²) >= 11 is 0. The molecular weight excluding hydrogens is 158 g/mol. The number of nitrogens with one attached hydrogen (secondary N) is 1. The summed E-state index contributed by atoms with van der Waals surface area (Å²) in [4.78, 5) is 0. The molecule has 2 saturated carbocycles. The van der Waals surface area contributed by atoms with Crippen LogP contribution in [0.4, 0.5) is 0 Å². The molecule has 1 heteroatoms. The fourth-order valence-corrected chi connectivity index (χ4v) is 4.05. The van der Waals surface area contributed by atoms with Crippen molar-refractivity contribution in [3.8, 4) is 0 Å². The molecule has 1 aliphatic heterocycles. The smallest absolute Gasteiger partial charge is 0.0190 e. The average Bonchev–Trinajstić information content (AvgIpc) is 2.30. The highest BCUT2D eigenvalue weighted by Gasteiger charge is 2.57. The van der Waals surface area contributed by atoms with Crippen LogP contribution in [0.25, 0.3) is 0 Å². The van der Waals surface area contributed by atoms with Gasteiger partial charge in [-0.1, -0.05) is 26.2 Å². The second-order valence-electron chi connectivity index (χ2n) is 5.89. The number of hydrogen-bond acceptors (Lipinski definition) is 1. The van der Waals surface area contributed by atoms with Crippen molar-refractivity contribution in [2.75, 3.05) is 6.54 Å². The largest absolute Gasteiger partial charge is 0.312 e. The van der Waals surface area contributed by atoms with Crippen LogP contribution < -0.4 is 5.32 Å². The molecule has 1 unspecified atom stereocenters. The molecule has 1 saturated heterocycles. The summed E-state index contributed by atoms with van der Waals surface area (Å²) in [5.41, 5.74) is 1.44. The van der Waals surface area contributed by atoms with Crippen LogP contribution >= 0.6 is 0 Å². The Balaban J connectivity index is 1.77. The average molecular weight is 179 g/mol. The van der Waals surface area contributed by atoms with Gasteiger partial charge in [0.15, 0.2) is 0 Å². The van der Waals surface area contributed by atoms with E-state index in [9.17, 15) is 0 Å². The van der Waals surface area contributed by atoms with E-state index in [1.165, 1.54) is 51.5 Å². The summed E-state index contributed by atoms with van der Waals surface area (Å²) in [5.74, 6) is 0. The molecule has 0 bridgehead atoms. The minimum absolute atomic E-state index is 0.665. The molecule has 1 heterocycles. The van der Waals surface area contributed by atoms with Crippen molar-refractivity contribution in [2.45, 2.75) is 57.9 Å². The Bertz CT molecular complexity index is 206. The molecular formula is C12H21N. The number of rotatable bonds is 1. The summed E-state index contributed by atoms with van der Waals surface area (Å²) in [7, 11) is 0. The maximum atomic E-state index is 3.72. The molecule has 3 fully saturated rings. The first-order valence-corrected chi connectivity index (χ1v) is 5.99. The third kappa shape index (κ3) is 0.971. The zero-order valence-electron chi connectivity index (χ0n) is 8.73. The second kappa shape index (κ2) is 2.50. The van der Waals surface area contributed by atoms with Crippen molar-refractivity contribution < 1.29 is 0 Å². The topological polar surface area (TPSA) is 12.0 Å². The Morgan fingerprint density at radius 2 is 1.69 bits per heavy atom. The first kappa shape index (κ1) is 8.28. The van der Waals surface area contributed by atoms with E-state index in [4.69, 9.17) is 0 Å². The van der Waals surface area contributed by atoms with Gasteiger partial charge in [0.2, 0.25) is 0 Å². The quantitative estimate of drug-likeness (QED) is 0.652. The predicted molar refractivity (Wildman–Crippen MR) is 54.6 cm³/mol. The fraction of sp³-hybridized carbons (Fsp3) is 1.00. The summed E-state index contributed by atoms with van der Waals surface area (Å²) in [6.07, 6.45) is 10.4. The molecule has 0 radical (unpaired) electrons. The highest BCUT2D eigenvalue weighted by molar-refractivity contribution is 5.13. The Kier molecular flexibility index (Phi) is 1.59. The van der Waals surface area contributed by atoms with E-state index >= 15 is 0 Å². The van der Waals surface area contributed by atoms with Crippen molar-refractivity contribution >= 4 is 0 Å². The van der Waals surface area contributed by atoms with Gasteiger partial charge >= 0.3 is 0 Å². The molecule has 1 spiro atoms. The van der Waals surface area contributed by atoms with Gasteiger partial charge in [-0.15, -0.1) is 0 Å². The third-order valence-corrected chi connectivity index (χ3v) is 5.06. The van der Waals surface area contributed by atoms with Gasteiger partial charge in [-0.25, -0.2) is 0 Å². The standard InChI is InChI=1S/C12H21N/c1-11(5-2-3-6-11)10-12(9-13-10)7-4-8-12/h10,13H,2-9H2,1H3. The monoisotopic (exact) mass is 179 g/mol. The second-order valence-corrected chi connectivity index (χ2v) is 5.89. The zero-order valence-corrected chi connectivity index (χ0v) is 8.73. The Hall–Kier alpha value is -0.0400. The maximum Gasteiger partial charge on any atom is 0.0190 e. The lowest BCUT2D eigenvalue weighted by Crippen LogP contribution is -2.70. The fourth-order valence-electron chi connectivity index (χ4n) is 4.05. The lowest BCUT2D eigenvalue weighted by atomic mass is 9.52. The van der Waals surface area contributed by atoms with E-state index < -0.39 is 0 Å². The van der Waals surface area contributed by atoms with Crippen LogP contribution in [0, 0.1) is 10.8 Å². The maximum absolute atomic E-state index is 3.72. The van der Waals surface area contributed by atoms with E-state index in [-0.39, 0.29) is 0 Å². The van der Waals surface area contributed by atoms with E-state index in [1.807, 2.05) is 0 Å². The summed E-state index contributed by atoms with van der Waals surface area (Å²) in [6, 6.07) is 0.885. The Morgan fingerprint density at radius 3 is 2.08 bits per heavy atom. The first-order valence-electron chi connectivity index (χ1n) is 5.99. The molecule has 0 aromatic rings. The van der Waals surface area contributed by atoms with Gasteiger partial charge in [-0.05, 0) is 36.5 Å². The van der Waals surface area contributed by atoms with Gasteiger partial charge in [0.25, 0.3) is 0 Å². The van der Waals surface area contributed by atoms with Gasteiger partial charge in [-0.3, -0.25) is 0 Å². The summed E-state index contributed by atoms with van der Waals surface area (Å²) in [5, 5.41) is 3.72. The SMILES string of the molecule is CC1(C2NCC23CCC3)CCCC1. The molecule has 3 aliphatic rings. The van der Waals surface area contributed by atoms with E-state index in [0.29, 0.717) is 5.41 Å². The minimum Gasteiger partial charge on any atom is -0.312 e. The highest BCUT2D eigenvalue weighted by Crippen LogP contribution is 2.57. The molecule has 2 aliphatic carbocycles. The molecule has 74 valence electrons. The molecule has 0 amide bonds. The van der Waals surface area contributed by atoms with E-state index in [0.717, 1.165) is 11.5 Å². The minimum atomic E-state index is 0.665. The van der Waals surface area contributed by atoms with Gasteiger partial charge in [-0.2, -0.15) is 0 Å². The Labute approximate surface area is 81.3 Å². The predicted octanol–water partition coefficient (Wildman–Crippen LogP) is 2.71. The lowest BCUT2D eigenvalue weighted by Gasteiger charge is -2.62. The summed E-state index contributed by atoms with van der Waals surface area (Å²) < 4.78 is 0. The van der Waals surface area contributed by atoms with Crippen LogP contribution in [0.2, 0.25) is 0 Å². The van der Waals surface area contributed by atoms with E-state index in [2.05, 4.69) is 12.2 Å². The van der Waals surface area contributed by atoms with Crippen LogP contribution in [0.1, 0.15) is 51.9 Å². The van der Waals surface area contributed by atoms with Gasteiger partial charge < -0.3 is 5.32 Å². The van der Waals surface area contributed by atoms with Crippen molar-refractivity contribution in [3.05, 3.63) is 0 Å². The molecule has 0 aromatic carbocycles. The zero-order chi connectivity index (χ0) is 8.94. The number of hydrogen-bond donors (Lipinski definition) is 1. The lowest BCUT2D eigenvalue weighted by molar-refractivity contribution is -0.0666. The molecule has 13 heavy (non-hydrogen) atoms. The normalized spacial score (nSPS) is 39.9. The van der Waals surface area contributed by atoms with Gasteiger partial charge in [0.05, 0.1) is 0 Å². The van der Waals surface area contributed by atoms with Gasteiger partial charge in [0, 0.05) is 12.6 Å². The van der Waals surface area contributed by atoms with Crippen LogP contribution in [0.5, 0.6) is 0 Å². The van der Waals surface area contributed by atoms with Crippen molar-refractivity contribution in [1.82, 2.24) is 5.32 Å². The van der Waals surface area contributed by atoms with Crippen molar-refractivity contribution in [1.29, 1.82) is 0 Å². The molecule has 1 atom stereocenters. The van der Waals surface area contributed by atoms with Crippen molar-refractivity contribution in [3.63, 3.8) is 0 Å². The molecule has 1 N–H and O–H groups in total. The van der Waals surface area contributed by atoms with Crippen molar-refractivity contribution in [2.24, 2.45) is 10.8 Å². The Morgan fingerprint density at radius 1 is 1.00 bits per heavy atom. The van der Waals surface area contributed by atoms with E-state index in [1.54, 1.807) is 0 Å². The van der Waals surface area contributed by atoms with Crippen LogP contribution in [-0.2, 0) is 0 Å².